The Bertz CT molecular complexity index is 741. The fourth-order valence-electron chi connectivity index (χ4n) is 2.39. The summed E-state index contributed by atoms with van der Waals surface area (Å²) < 4.78 is 0. The Morgan fingerprint density at radius 1 is 1.13 bits per heavy atom. The molecule has 1 heterocycles. The molecule has 0 saturated carbocycles. The van der Waals surface area contributed by atoms with Gasteiger partial charge in [-0.25, -0.2) is 9.78 Å². The van der Waals surface area contributed by atoms with Crippen molar-refractivity contribution in [2.75, 3.05) is 6.54 Å². The molecule has 0 aliphatic rings. The van der Waals surface area contributed by atoms with Crippen LogP contribution in [-0.2, 0) is 6.54 Å². The van der Waals surface area contributed by atoms with Crippen LogP contribution in [0.25, 0.3) is 0 Å². The fourth-order valence-corrected chi connectivity index (χ4v) is 2.39. The molecule has 1 N–H and O–H groups in total. The number of carboxylic acid groups (broad SMARTS) is 1. The second-order valence-electron chi connectivity index (χ2n) is 5.38. The molecule has 0 radical (unpaired) electrons. The summed E-state index contributed by atoms with van der Waals surface area (Å²) in [7, 11) is 0. The standard InChI is InChI=1S/C18H20N2O3/c1-4-20(11-14-8-6-5-7-12(14)2)17(21)16-10-9-15(18(22)23)13(3)19-16/h5-10H,4,11H2,1-3H3,(H,22,23). The molecule has 0 bridgehead atoms. The summed E-state index contributed by atoms with van der Waals surface area (Å²) in [5.41, 5.74) is 2.94. The Balaban J connectivity index is 2.25. The van der Waals surface area contributed by atoms with Crippen LogP contribution in [0.3, 0.4) is 0 Å². The van der Waals surface area contributed by atoms with Crippen LogP contribution in [0.4, 0.5) is 0 Å². The summed E-state index contributed by atoms with van der Waals surface area (Å²) in [4.78, 5) is 29.5. The molecule has 0 unspecified atom stereocenters. The fraction of sp³-hybridized carbons (Fsp3) is 0.278. The van der Waals surface area contributed by atoms with E-state index in [4.69, 9.17) is 5.11 Å². The third kappa shape index (κ3) is 3.74. The van der Waals surface area contributed by atoms with Gasteiger partial charge in [-0.2, -0.15) is 0 Å². The van der Waals surface area contributed by atoms with E-state index in [1.54, 1.807) is 11.8 Å². The van der Waals surface area contributed by atoms with Crippen LogP contribution >= 0.6 is 0 Å². The van der Waals surface area contributed by atoms with E-state index in [0.717, 1.165) is 11.1 Å². The predicted octanol–water partition coefficient (Wildman–Crippen LogP) is 3.06. The summed E-state index contributed by atoms with van der Waals surface area (Å²) in [6.45, 7) is 6.57. The number of pyridine rings is 1. The topological polar surface area (TPSA) is 70.5 Å². The Morgan fingerprint density at radius 2 is 1.83 bits per heavy atom. The monoisotopic (exact) mass is 312 g/mol. The van der Waals surface area contributed by atoms with Crippen molar-refractivity contribution in [2.24, 2.45) is 0 Å². The van der Waals surface area contributed by atoms with E-state index in [-0.39, 0.29) is 17.2 Å². The minimum atomic E-state index is -1.04. The molecule has 5 nitrogen and oxygen atoms in total. The first-order valence-corrected chi connectivity index (χ1v) is 7.48. The molecule has 23 heavy (non-hydrogen) atoms. The van der Waals surface area contributed by atoms with E-state index < -0.39 is 5.97 Å². The van der Waals surface area contributed by atoms with E-state index >= 15 is 0 Å². The lowest BCUT2D eigenvalue weighted by atomic mass is 10.1. The highest BCUT2D eigenvalue weighted by Crippen LogP contribution is 2.14. The molecule has 120 valence electrons. The van der Waals surface area contributed by atoms with Crippen LogP contribution in [0.5, 0.6) is 0 Å². The van der Waals surface area contributed by atoms with E-state index in [0.29, 0.717) is 18.8 Å². The Kier molecular flexibility index (Phi) is 5.11. The van der Waals surface area contributed by atoms with E-state index in [1.807, 2.05) is 38.1 Å². The quantitative estimate of drug-likeness (QED) is 0.921. The molecule has 1 aromatic heterocycles. The molecule has 0 spiro atoms. The van der Waals surface area contributed by atoms with Crippen LogP contribution in [0.15, 0.2) is 36.4 Å². The van der Waals surface area contributed by atoms with Gasteiger partial charge in [-0.3, -0.25) is 4.79 Å². The molecule has 2 rings (SSSR count). The van der Waals surface area contributed by atoms with Gasteiger partial charge >= 0.3 is 5.97 Å². The van der Waals surface area contributed by atoms with Crippen LogP contribution in [0.1, 0.15) is 44.6 Å². The lowest BCUT2D eigenvalue weighted by molar-refractivity contribution is 0.0691. The van der Waals surface area contributed by atoms with Gasteiger partial charge in [-0.15, -0.1) is 0 Å². The van der Waals surface area contributed by atoms with Gasteiger partial charge in [0.25, 0.3) is 5.91 Å². The van der Waals surface area contributed by atoms with Crippen LogP contribution in [-0.4, -0.2) is 33.4 Å². The van der Waals surface area contributed by atoms with Crippen LogP contribution in [0.2, 0.25) is 0 Å². The normalized spacial score (nSPS) is 10.4. The molecule has 2 aromatic rings. The van der Waals surface area contributed by atoms with Gasteiger partial charge in [0, 0.05) is 13.1 Å². The van der Waals surface area contributed by atoms with E-state index in [1.165, 1.54) is 12.1 Å². The summed E-state index contributed by atoms with van der Waals surface area (Å²) in [6.07, 6.45) is 0. The van der Waals surface area contributed by atoms with Crippen molar-refractivity contribution < 1.29 is 14.7 Å². The molecular weight excluding hydrogens is 292 g/mol. The first-order chi connectivity index (χ1) is 10.9. The number of nitrogens with zero attached hydrogens (tertiary/aromatic N) is 2. The SMILES string of the molecule is CCN(Cc1ccccc1C)C(=O)c1ccc(C(=O)O)c(C)n1. The number of hydrogen-bond donors (Lipinski definition) is 1. The number of aryl methyl sites for hydroxylation is 2. The molecule has 0 atom stereocenters. The predicted molar refractivity (Wildman–Crippen MR) is 87.5 cm³/mol. The van der Waals surface area contributed by atoms with Crippen LogP contribution in [0, 0.1) is 13.8 Å². The molecular formula is C18H20N2O3. The third-order valence-corrected chi connectivity index (χ3v) is 3.83. The van der Waals surface area contributed by atoms with Gasteiger partial charge in [0.05, 0.1) is 11.3 Å². The second kappa shape index (κ2) is 7.05. The van der Waals surface area contributed by atoms with E-state index in [2.05, 4.69) is 4.98 Å². The maximum Gasteiger partial charge on any atom is 0.337 e. The second-order valence-corrected chi connectivity index (χ2v) is 5.38. The number of hydrogen-bond acceptors (Lipinski definition) is 3. The number of benzene rings is 1. The molecule has 1 aromatic carbocycles. The number of carbonyl (C=O) groups is 2. The molecule has 0 aliphatic carbocycles. The Labute approximate surface area is 135 Å². The largest absolute Gasteiger partial charge is 0.478 e. The summed E-state index contributed by atoms with van der Waals surface area (Å²) in [5, 5.41) is 9.04. The minimum Gasteiger partial charge on any atom is -0.478 e. The van der Waals surface area contributed by atoms with Crippen molar-refractivity contribution in [3.63, 3.8) is 0 Å². The van der Waals surface area contributed by atoms with Crippen molar-refractivity contribution in [2.45, 2.75) is 27.3 Å². The summed E-state index contributed by atoms with van der Waals surface area (Å²) >= 11 is 0. The molecule has 0 fully saturated rings. The maximum atomic E-state index is 12.6. The van der Waals surface area contributed by atoms with Gasteiger partial charge < -0.3 is 10.0 Å². The van der Waals surface area contributed by atoms with Gasteiger partial charge in [0.1, 0.15) is 5.69 Å². The lowest BCUT2D eigenvalue weighted by Crippen LogP contribution is -2.31. The van der Waals surface area contributed by atoms with Gasteiger partial charge in [-0.05, 0) is 44.0 Å². The smallest absolute Gasteiger partial charge is 0.337 e. The maximum absolute atomic E-state index is 12.6. The first kappa shape index (κ1) is 16.7. The van der Waals surface area contributed by atoms with Crippen LogP contribution < -0.4 is 0 Å². The number of carbonyl (C=O) groups excluding carboxylic acids is 1. The Hall–Kier alpha value is -2.69. The minimum absolute atomic E-state index is 0.114. The zero-order valence-electron chi connectivity index (χ0n) is 13.5. The Morgan fingerprint density at radius 3 is 2.39 bits per heavy atom. The van der Waals surface area contributed by atoms with Gasteiger partial charge in [0.2, 0.25) is 0 Å². The lowest BCUT2D eigenvalue weighted by Gasteiger charge is -2.22. The summed E-state index contributed by atoms with van der Waals surface area (Å²) in [6, 6.07) is 10.8. The molecule has 5 heteroatoms. The highest BCUT2D eigenvalue weighted by molar-refractivity contribution is 5.94. The number of amides is 1. The number of carboxylic acids is 1. The van der Waals surface area contributed by atoms with Gasteiger partial charge in [-0.1, -0.05) is 24.3 Å². The highest BCUT2D eigenvalue weighted by atomic mass is 16.4. The zero-order valence-corrected chi connectivity index (χ0v) is 13.5. The van der Waals surface area contributed by atoms with Crippen molar-refractivity contribution >= 4 is 11.9 Å². The summed E-state index contributed by atoms with van der Waals surface area (Å²) in [5.74, 6) is -1.24. The zero-order chi connectivity index (χ0) is 17.0. The average molecular weight is 312 g/mol. The van der Waals surface area contributed by atoms with Gasteiger partial charge in [0.15, 0.2) is 0 Å². The number of aromatic carboxylic acids is 1. The highest BCUT2D eigenvalue weighted by Gasteiger charge is 2.18. The third-order valence-electron chi connectivity index (χ3n) is 3.83. The number of aromatic nitrogens is 1. The number of rotatable bonds is 5. The van der Waals surface area contributed by atoms with Crippen molar-refractivity contribution in [1.29, 1.82) is 0 Å². The first-order valence-electron chi connectivity index (χ1n) is 7.48. The van der Waals surface area contributed by atoms with Crippen molar-refractivity contribution in [1.82, 2.24) is 9.88 Å². The molecule has 0 saturated heterocycles. The average Bonchev–Trinajstić information content (AvgIpc) is 2.53. The van der Waals surface area contributed by atoms with E-state index in [9.17, 15) is 9.59 Å². The molecule has 0 aliphatic heterocycles. The van der Waals surface area contributed by atoms with Crippen molar-refractivity contribution in [3.05, 3.63) is 64.5 Å². The van der Waals surface area contributed by atoms with Crippen molar-refractivity contribution in [3.8, 4) is 0 Å². The molecule has 1 amide bonds.